The lowest BCUT2D eigenvalue weighted by atomic mass is 9.77. The number of ether oxygens (including phenoxy) is 1. The van der Waals surface area contributed by atoms with Gasteiger partial charge >= 0.3 is 0 Å². The monoisotopic (exact) mass is 306 g/mol. The minimum atomic E-state index is -0.394. The van der Waals surface area contributed by atoms with Gasteiger partial charge in [-0.25, -0.2) is 4.98 Å². The molecule has 2 rings (SSSR count). The van der Waals surface area contributed by atoms with E-state index in [2.05, 4.69) is 38.0 Å². The van der Waals surface area contributed by atoms with Gasteiger partial charge in [-0.15, -0.1) is 0 Å². The maximum absolute atomic E-state index is 12.4. The van der Waals surface area contributed by atoms with Crippen LogP contribution in [0.5, 0.6) is 5.75 Å². The molecule has 0 saturated carbocycles. The van der Waals surface area contributed by atoms with Crippen molar-refractivity contribution in [1.82, 2.24) is 10.3 Å². The predicted molar refractivity (Wildman–Crippen MR) is 84.5 cm³/mol. The Morgan fingerprint density at radius 1 is 1.32 bits per heavy atom. The molecule has 1 aromatic rings. The van der Waals surface area contributed by atoms with Crippen LogP contribution in [0.1, 0.15) is 50.2 Å². The summed E-state index contributed by atoms with van der Waals surface area (Å²) in [6.45, 7) is 10.3. The number of nitrogens with one attached hydrogen (secondary N) is 1. The largest absolute Gasteiger partial charge is 0.505 e. The molecule has 1 saturated heterocycles. The van der Waals surface area contributed by atoms with Gasteiger partial charge in [0.2, 0.25) is 0 Å². The average Bonchev–Trinajstić information content (AvgIpc) is 2.50. The number of nitrogens with zero attached hydrogens (tertiary/aromatic N) is 1. The van der Waals surface area contributed by atoms with Crippen molar-refractivity contribution in [2.24, 2.45) is 17.8 Å². The smallest absolute Gasteiger partial charge is 0.275 e. The molecule has 5 nitrogen and oxygen atoms in total. The number of pyridine rings is 1. The summed E-state index contributed by atoms with van der Waals surface area (Å²) in [5.74, 6) is 0.641. The number of rotatable bonds is 3. The van der Waals surface area contributed by atoms with Gasteiger partial charge in [0, 0.05) is 12.1 Å². The van der Waals surface area contributed by atoms with E-state index < -0.39 is 5.91 Å². The highest BCUT2D eigenvalue weighted by atomic mass is 16.5. The van der Waals surface area contributed by atoms with Crippen molar-refractivity contribution in [3.8, 4) is 5.75 Å². The van der Waals surface area contributed by atoms with Crippen LogP contribution in [-0.2, 0) is 4.74 Å². The average molecular weight is 306 g/mol. The van der Waals surface area contributed by atoms with Gasteiger partial charge in [0.25, 0.3) is 5.91 Å². The molecule has 5 heteroatoms. The molecule has 0 aromatic carbocycles. The van der Waals surface area contributed by atoms with E-state index in [1.54, 1.807) is 13.0 Å². The summed E-state index contributed by atoms with van der Waals surface area (Å²) in [5, 5.41) is 12.9. The normalized spacial score (nSPS) is 31.8. The van der Waals surface area contributed by atoms with E-state index in [0.717, 1.165) is 6.42 Å². The molecule has 1 aromatic heterocycles. The molecule has 0 radical (unpaired) electrons. The first-order valence-electron chi connectivity index (χ1n) is 7.97. The fraction of sp³-hybridized carbons (Fsp3) is 0.647. The second kappa shape index (κ2) is 6.65. The third kappa shape index (κ3) is 3.09. The summed E-state index contributed by atoms with van der Waals surface area (Å²) in [7, 11) is 0. The molecule has 22 heavy (non-hydrogen) atoms. The Morgan fingerprint density at radius 2 is 2.00 bits per heavy atom. The van der Waals surface area contributed by atoms with Crippen LogP contribution in [0.4, 0.5) is 0 Å². The molecule has 2 heterocycles. The van der Waals surface area contributed by atoms with Crippen molar-refractivity contribution < 1.29 is 14.6 Å². The van der Waals surface area contributed by atoms with Gasteiger partial charge in [-0.1, -0.05) is 27.7 Å². The third-order valence-electron chi connectivity index (χ3n) is 5.06. The van der Waals surface area contributed by atoms with Gasteiger partial charge in [0.15, 0.2) is 5.69 Å². The molecule has 5 atom stereocenters. The molecule has 0 aliphatic carbocycles. The van der Waals surface area contributed by atoms with E-state index in [1.165, 1.54) is 6.20 Å². The van der Waals surface area contributed by atoms with E-state index in [9.17, 15) is 9.90 Å². The minimum absolute atomic E-state index is 0.0510. The molecule has 0 bridgehead atoms. The quantitative estimate of drug-likeness (QED) is 0.901. The van der Waals surface area contributed by atoms with Crippen LogP contribution >= 0.6 is 0 Å². The van der Waals surface area contributed by atoms with Crippen molar-refractivity contribution >= 4 is 5.91 Å². The number of carbonyl (C=O) groups excluding carboxylic acids is 1. The maximum atomic E-state index is 12.4. The van der Waals surface area contributed by atoms with Crippen molar-refractivity contribution in [2.75, 3.05) is 0 Å². The fourth-order valence-corrected chi connectivity index (χ4v) is 3.08. The SMILES string of the molecule is CC[C@H]1O[C@@H](NC(=O)c2nccc(C)c2O)[C@@H](C)[C@@H](C)[C@H]1C. The highest BCUT2D eigenvalue weighted by Crippen LogP contribution is 2.35. The van der Waals surface area contributed by atoms with Crippen LogP contribution in [-0.4, -0.2) is 28.3 Å². The molecule has 1 fully saturated rings. The first kappa shape index (κ1) is 16.7. The Bertz CT molecular complexity index is 545. The summed E-state index contributed by atoms with van der Waals surface area (Å²) in [6.07, 6.45) is 2.22. The first-order chi connectivity index (χ1) is 10.4. The van der Waals surface area contributed by atoms with Gasteiger partial charge in [-0.3, -0.25) is 4.79 Å². The number of hydrogen-bond acceptors (Lipinski definition) is 4. The first-order valence-corrected chi connectivity index (χ1v) is 7.97. The number of carbonyl (C=O) groups is 1. The summed E-state index contributed by atoms with van der Waals surface area (Å²) in [4.78, 5) is 16.4. The van der Waals surface area contributed by atoms with Crippen LogP contribution in [0.2, 0.25) is 0 Å². The summed E-state index contributed by atoms with van der Waals surface area (Å²) < 4.78 is 6.05. The van der Waals surface area contributed by atoms with Crippen molar-refractivity contribution in [3.05, 3.63) is 23.5 Å². The predicted octanol–water partition coefficient (Wildman–Crippen LogP) is 2.87. The van der Waals surface area contributed by atoms with E-state index in [-0.39, 0.29) is 29.7 Å². The zero-order valence-corrected chi connectivity index (χ0v) is 14.0. The highest BCUT2D eigenvalue weighted by molar-refractivity contribution is 5.95. The number of amides is 1. The van der Waals surface area contributed by atoms with Crippen LogP contribution in [0.3, 0.4) is 0 Å². The van der Waals surface area contributed by atoms with Crippen molar-refractivity contribution in [1.29, 1.82) is 0 Å². The molecular formula is C17H26N2O3. The summed E-state index contributed by atoms with van der Waals surface area (Å²) >= 11 is 0. The second-order valence-corrected chi connectivity index (χ2v) is 6.38. The molecule has 1 aliphatic rings. The lowest BCUT2D eigenvalue weighted by Gasteiger charge is -2.43. The number of aryl methyl sites for hydroxylation is 1. The maximum Gasteiger partial charge on any atom is 0.275 e. The number of hydrogen-bond donors (Lipinski definition) is 2. The molecule has 122 valence electrons. The van der Waals surface area contributed by atoms with E-state index in [0.29, 0.717) is 17.4 Å². The van der Waals surface area contributed by atoms with Crippen LogP contribution in [0.15, 0.2) is 12.3 Å². The van der Waals surface area contributed by atoms with Gasteiger partial charge in [0.05, 0.1) is 6.10 Å². The Kier molecular flexibility index (Phi) is 5.06. The van der Waals surface area contributed by atoms with Crippen LogP contribution in [0.25, 0.3) is 0 Å². The van der Waals surface area contributed by atoms with Gasteiger partial charge in [0.1, 0.15) is 12.0 Å². The molecule has 1 aliphatic heterocycles. The van der Waals surface area contributed by atoms with Gasteiger partial charge < -0.3 is 15.2 Å². The van der Waals surface area contributed by atoms with Gasteiger partial charge in [-0.2, -0.15) is 0 Å². The standard InChI is InChI=1S/C17H26N2O3/c1-6-13-11(4)10(3)12(5)17(22-13)19-16(21)14-15(20)9(2)7-8-18-14/h7-8,10-13,17,20H,6H2,1-5H3,(H,19,21)/t10-,11+,12-,13+,17+/m0/s1. The van der Waals surface area contributed by atoms with E-state index >= 15 is 0 Å². The zero-order chi connectivity index (χ0) is 16.4. The highest BCUT2D eigenvalue weighted by Gasteiger charge is 2.39. The Hall–Kier alpha value is -1.62. The van der Waals surface area contributed by atoms with Crippen LogP contribution < -0.4 is 5.32 Å². The van der Waals surface area contributed by atoms with E-state index in [4.69, 9.17) is 4.74 Å². The molecule has 2 N–H and O–H groups in total. The molecule has 0 unspecified atom stereocenters. The molecule has 1 amide bonds. The minimum Gasteiger partial charge on any atom is -0.505 e. The van der Waals surface area contributed by atoms with Gasteiger partial charge in [-0.05, 0) is 36.8 Å². The number of aromatic hydroxyl groups is 1. The molecule has 0 spiro atoms. The van der Waals surface area contributed by atoms with E-state index in [1.807, 2.05) is 0 Å². The summed E-state index contributed by atoms with van der Waals surface area (Å²) in [6, 6.07) is 1.67. The lowest BCUT2D eigenvalue weighted by molar-refractivity contribution is -0.141. The molecular weight excluding hydrogens is 280 g/mol. The summed E-state index contributed by atoms with van der Waals surface area (Å²) in [5.41, 5.74) is 0.682. The fourth-order valence-electron chi connectivity index (χ4n) is 3.08. The Balaban J connectivity index is 2.15. The second-order valence-electron chi connectivity index (χ2n) is 6.38. The number of aromatic nitrogens is 1. The Morgan fingerprint density at radius 3 is 2.64 bits per heavy atom. The third-order valence-corrected chi connectivity index (χ3v) is 5.06. The van der Waals surface area contributed by atoms with Crippen molar-refractivity contribution in [2.45, 2.75) is 53.4 Å². The lowest BCUT2D eigenvalue weighted by Crippen LogP contribution is -2.52. The zero-order valence-electron chi connectivity index (χ0n) is 14.0. The Labute approximate surface area is 132 Å². The topological polar surface area (TPSA) is 71.5 Å². The van der Waals surface area contributed by atoms with Crippen molar-refractivity contribution in [3.63, 3.8) is 0 Å². The van der Waals surface area contributed by atoms with Crippen LogP contribution in [0, 0.1) is 24.7 Å².